The number of oxazole rings is 1. The van der Waals surface area contributed by atoms with Gasteiger partial charge in [0.15, 0.2) is 5.58 Å². The lowest BCUT2D eigenvalue weighted by Gasteiger charge is -2.21. The number of furan rings is 1. The first-order chi connectivity index (χ1) is 19.3. The van der Waals surface area contributed by atoms with Gasteiger partial charge in [0.25, 0.3) is 0 Å². The zero-order valence-electron chi connectivity index (χ0n) is 20.9. The Kier molecular flexibility index (Phi) is 4.79. The van der Waals surface area contributed by atoms with Crippen LogP contribution in [-0.4, -0.2) is 4.98 Å². The molecule has 4 heteroatoms. The minimum Gasteiger partial charge on any atom is -0.456 e. The molecular formula is C35H22N2O2. The third-order valence-electron chi connectivity index (χ3n) is 7.32. The van der Waals surface area contributed by atoms with E-state index in [-0.39, 0.29) is 0 Å². The molecule has 0 unspecified atom stereocenters. The summed E-state index contributed by atoms with van der Waals surface area (Å²) in [6.07, 6.45) is 0. The minimum atomic E-state index is 0.531. The second kappa shape index (κ2) is 8.61. The van der Waals surface area contributed by atoms with E-state index in [0.29, 0.717) is 6.01 Å². The van der Waals surface area contributed by atoms with E-state index in [9.17, 15) is 0 Å². The van der Waals surface area contributed by atoms with Gasteiger partial charge < -0.3 is 8.83 Å². The highest BCUT2D eigenvalue weighted by atomic mass is 16.4. The van der Waals surface area contributed by atoms with E-state index < -0.39 is 0 Å². The van der Waals surface area contributed by atoms with Crippen LogP contribution in [0.3, 0.4) is 0 Å². The molecule has 0 aliphatic heterocycles. The molecule has 8 aromatic rings. The summed E-state index contributed by atoms with van der Waals surface area (Å²) in [4.78, 5) is 7.05. The van der Waals surface area contributed by atoms with E-state index >= 15 is 0 Å². The van der Waals surface area contributed by atoms with Crippen molar-refractivity contribution in [1.82, 2.24) is 4.98 Å². The Morgan fingerprint density at radius 2 is 1.21 bits per heavy atom. The molecule has 0 N–H and O–H groups in total. The van der Waals surface area contributed by atoms with E-state index in [0.717, 1.165) is 66.3 Å². The first kappa shape index (κ1) is 21.7. The molecule has 6 aromatic carbocycles. The predicted molar refractivity (Wildman–Crippen MR) is 159 cm³/mol. The van der Waals surface area contributed by atoms with Gasteiger partial charge in [-0.3, -0.25) is 4.90 Å². The van der Waals surface area contributed by atoms with Crippen LogP contribution in [0.1, 0.15) is 0 Å². The molecule has 8 rings (SSSR count). The number of benzene rings is 6. The lowest BCUT2D eigenvalue weighted by Crippen LogP contribution is -2.10. The smallest absolute Gasteiger partial charge is 0.307 e. The van der Waals surface area contributed by atoms with Gasteiger partial charge in [0.1, 0.15) is 16.7 Å². The fourth-order valence-corrected chi connectivity index (χ4v) is 5.50. The van der Waals surface area contributed by atoms with Gasteiger partial charge >= 0.3 is 6.01 Å². The Labute approximate surface area is 224 Å². The highest BCUT2D eigenvalue weighted by Gasteiger charge is 2.20. The molecule has 2 aromatic heterocycles. The number of hydrogen-bond donors (Lipinski definition) is 0. The lowest BCUT2D eigenvalue weighted by atomic mass is 9.99. The second-order valence-electron chi connectivity index (χ2n) is 9.62. The van der Waals surface area contributed by atoms with Gasteiger partial charge in [-0.15, -0.1) is 0 Å². The summed E-state index contributed by atoms with van der Waals surface area (Å²) < 4.78 is 12.5. The van der Waals surface area contributed by atoms with E-state index in [1.54, 1.807) is 0 Å². The van der Waals surface area contributed by atoms with Gasteiger partial charge in [-0.05, 0) is 59.0 Å². The Morgan fingerprint density at radius 3 is 2.08 bits per heavy atom. The summed E-state index contributed by atoms with van der Waals surface area (Å²) in [6.45, 7) is 0. The minimum absolute atomic E-state index is 0.531. The lowest BCUT2D eigenvalue weighted by molar-refractivity contribution is 0.608. The average Bonchev–Trinajstić information content (AvgIpc) is 3.60. The Morgan fingerprint density at radius 1 is 0.487 bits per heavy atom. The normalized spacial score (nSPS) is 11.6. The van der Waals surface area contributed by atoms with Gasteiger partial charge in [0, 0.05) is 16.2 Å². The number of para-hydroxylation sites is 2. The molecule has 184 valence electrons. The Balaban J connectivity index is 1.27. The molecule has 0 aliphatic carbocycles. The third kappa shape index (κ3) is 3.50. The Bertz CT molecular complexity index is 2120. The summed E-state index contributed by atoms with van der Waals surface area (Å²) >= 11 is 0. The van der Waals surface area contributed by atoms with Gasteiger partial charge in [0.05, 0.1) is 11.4 Å². The Hall–Kier alpha value is -5.35. The van der Waals surface area contributed by atoms with Crippen molar-refractivity contribution in [3.8, 4) is 11.1 Å². The van der Waals surface area contributed by atoms with E-state index in [1.165, 1.54) is 0 Å². The molecule has 0 saturated carbocycles. The van der Waals surface area contributed by atoms with Crippen LogP contribution in [0.2, 0.25) is 0 Å². The van der Waals surface area contributed by atoms with Crippen molar-refractivity contribution >= 4 is 61.2 Å². The number of rotatable bonds is 4. The van der Waals surface area contributed by atoms with E-state index in [2.05, 4.69) is 77.7 Å². The third-order valence-corrected chi connectivity index (χ3v) is 7.32. The highest BCUT2D eigenvalue weighted by Crippen LogP contribution is 2.40. The zero-order valence-corrected chi connectivity index (χ0v) is 20.9. The number of anilines is 3. The van der Waals surface area contributed by atoms with Crippen molar-refractivity contribution in [2.45, 2.75) is 0 Å². The summed E-state index contributed by atoms with van der Waals surface area (Å²) in [6, 6.07) is 46.0. The van der Waals surface area contributed by atoms with E-state index in [4.69, 9.17) is 13.8 Å². The number of hydrogen-bond acceptors (Lipinski definition) is 4. The van der Waals surface area contributed by atoms with Gasteiger partial charge in [-0.1, -0.05) is 91.0 Å². The molecule has 0 radical (unpaired) electrons. The summed E-state index contributed by atoms with van der Waals surface area (Å²) in [5.41, 5.74) is 7.61. The number of fused-ring (bicyclic) bond motifs is 6. The molecular weight excluding hydrogens is 480 g/mol. The largest absolute Gasteiger partial charge is 0.456 e. The number of aromatic nitrogens is 1. The van der Waals surface area contributed by atoms with Crippen LogP contribution in [0.5, 0.6) is 0 Å². The molecule has 0 fully saturated rings. The maximum absolute atomic E-state index is 6.36. The van der Waals surface area contributed by atoms with Crippen LogP contribution < -0.4 is 4.90 Å². The van der Waals surface area contributed by atoms with Crippen LogP contribution in [0.4, 0.5) is 17.4 Å². The second-order valence-corrected chi connectivity index (χ2v) is 9.62. The maximum Gasteiger partial charge on any atom is 0.307 e. The summed E-state index contributed by atoms with van der Waals surface area (Å²) in [7, 11) is 0. The van der Waals surface area contributed by atoms with Crippen LogP contribution in [0.15, 0.2) is 142 Å². The molecule has 0 aliphatic rings. The topological polar surface area (TPSA) is 42.4 Å². The average molecular weight is 503 g/mol. The van der Waals surface area contributed by atoms with Gasteiger partial charge in [-0.2, -0.15) is 4.98 Å². The molecule has 0 amide bonds. The fourth-order valence-electron chi connectivity index (χ4n) is 5.50. The molecule has 0 saturated heterocycles. The van der Waals surface area contributed by atoms with Crippen molar-refractivity contribution in [3.05, 3.63) is 133 Å². The van der Waals surface area contributed by atoms with Crippen LogP contribution in [0, 0.1) is 0 Å². The van der Waals surface area contributed by atoms with Crippen molar-refractivity contribution in [2.75, 3.05) is 4.90 Å². The number of nitrogens with zero attached hydrogens (tertiary/aromatic N) is 2. The van der Waals surface area contributed by atoms with Crippen LogP contribution in [-0.2, 0) is 0 Å². The first-order valence-corrected chi connectivity index (χ1v) is 13.0. The zero-order chi connectivity index (χ0) is 25.8. The highest BCUT2D eigenvalue weighted by molar-refractivity contribution is 6.12. The first-order valence-electron chi connectivity index (χ1n) is 13.0. The SMILES string of the molecule is c1ccc(N(c2ccc(-c3cccc4oc5ccccc5c34)cc2)c2nc3c(ccc4ccccc43)o2)cc1. The molecule has 4 nitrogen and oxygen atoms in total. The molecule has 0 atom stereocenters. The molecule has 0 bridgehead atoms. The fraction of sp³-hybridized carbons (Fsp3) is 0. The van der Waals surface area contributed by atoms with Crippen molar-refractivity contribution in [1.29, 1.82) is 0 Å². The van der Waals surface area contributed by atoms with Crippen LogP contribution >= 0.6 is 0 Å². The standard InChI is InChI=1S/C35H22N2O2/c1-2-10-25(11-3-1)37(35-36-34-28-12-5-4-9-23(28)19-22-32(34)39-35)26-20-17-24(18-21-26)27-14-8-16-31-33(27)29-13-6-7-15-30(29)38-31/h1-22H. The quantitative estimate of drug-likeness (QED) is 0.240. The molecule has 0 spiro atoms. The summed E-state index contributed by atoms with van der Waals surface area (Å²) in [5.74, 6) is 0. The maximum atomic E-state index is 6.36. The molecule has 2 heterocycles. The van der Waals surface area contributed by atoms with Crippen molar-refractivity contribution < 1.29 is 8.83 Å². The summed E-state index contributed by atoms with van der Waals surface area (Å²) in [5, 5.41) is 4.47. The van der Waals surface area contributed by atoms with Gasteiger partial charge in [0.2, 0.25) is 0 Å². The van der Waals surface area contributed by atoms with E-state index in [1.807, 2.05) is 60.7 Å². The van der Waals surface area contributed by atoms with Crippen LogP contribution in [0.25, 0.3) is 54.9 Å². The monoisotopic (exact) mass is 502 g/mol. The van der Waals surface area contributed by atoms with Gasteiger partial charge in [-0.25, -0.2) is 0 Å². The predicted octanol–water partition coefficient (Wildman–Crippen LogP) is 10.0. The van der Waals surface area contributed by atoms with Crippen molar-refractivity contribution in [2.24, 2.45) is 0 Å². The molecule has 39 heavy (non-hydrogen) atoms. The van der Waals surface area contributed by atoms with Crippen molar-refractivity contribution in [3.63, 3.8) is 0 Å².